The summed E-state index contributed by atoms with van der Waals surface area (Å²) in [5.74, 6) is 0.729. The number of aromatic nitrogens is 1. The zero-order chi connectivity index (χ0) is 15.8. The Labute approximate surface area is 135 Å². The molecule has 0 aliphatic carbocycles. The summed E-state index contributed by atoms with van der Waals surface area (Å²) in [4.78, 5) is 17.9. The molecule has 1 aromatic carbocycles. The van der Waals surface area contributed by atoms with Gasteiger partial charge in [0.2, 0.25) is 5.91 Å². The van der Waals surface area contributed by atoms with Crippen LogP contribution in [0.2, 0.25) is 5.02 Å². The van der Waals surface area contributed by atoms with Crippen LogP contribution in [0.25, 0.3) is 0 Å². The van der Waals surface area contributed by atoms with Crippen LogP contribution < -0.4 is 4.74 Å². The van der Waals surface area contributed by atoms with E-state index in [2.05, 4.69) is 4.98 Å². The molecule has 2 rings (SSSR count). The Bertz CT molecular complexity index is 605. The SMILES string of the molecule is CN(Cc1ccccn1)C(=O)CCCOc1ccccc1Cl. The molecule has 0 fully saturated rings. The van der Waals surface area contributed by atoms with E-state index in [0.29, 0.717) is 36.8 Å². The van der Waals surface area contributed by atoms with Crippen molar-refractivity contribution in [1.82, 2.24) is 9.88 Å². The van der Waals surface area contributed by atoms with E-state index < -0.39 is 0 Å². The number of carbonyl (C=O) groups excluding carboxylic acids is 1. The highest BCUT2D eigenvalue weighted by molar-refractivity contribution is 6.32. The number of amides is 1. The Kier molecular flexibility index (Phi) is 6.22. The second kappa shape index (κ2) is 8.39. The van der Waals surface area contributed by atoms with Crippen molar-refractivity contribution in [3.63, 3.8) is 0 Å². The molecular weight excluding hydrogens is 300 g/mol. The predicted octanol–water partition coefficient (Wildman–Crippen LogP) is 3.55. The summed E-state index contributed by atoms with van der Waals surface area (Å²) in [5.41, 5.74) is 0.880. The van der Waals surface area contributed by atoms with Gasteiger partial charge in [-0.05, 0) is 30.7 Å². The number of pyridine rings is 1. The van der Waals surface area contributed by atoms with Crippen molar-refractivity contribution < 1.29 is 9.53 Å². The van der Waals surface area contributed by atoms with Gasteiger partial charge < -0.3 is 9.64 Å². The van der Waals surface area contributed by atoms with Crippen LogP contribution in [0, 0.1) is 0 Å². The molecular formula is C17H19ClN2O2. The van der Waals surface area contributed by atoms with Gasteiger partial charge in [0.15, 0.2) is 0 Å². The van der Waals surface area contributed by atoms with E-state index in [1.165, 1.54) is 0 Å². The highest BCUT2D eigenvalue weighted by atomic mass is 35.5. The Morgan fingerprint density at radius 1 is 1.23 bits per heavy atom. The first-order chi connectivity index (χ1) is 10.7. The molecule has 1 amide bonds. The molecule has 5 heteroatoms. The van der Waals surface area contributed by atoms with Gasteiger partial charge in [0.05, 0.1) is 23.9 Å². The van der Waals surface area contributed by atoms with E-state index in [4.69, 9.17) is 16.3 Å². The molecule has 0 spiro atoms. The average Bonchev–Trinajstić information content (AvgIpc) is 2.53. The summed E-state index contributed by atoms with van der Waals surface area (Å²) < 4.78 is 5.57. The van der Waals surface area contributed by atoms with Crippen LogP contribution in [0.3, 0.4) is 0 Å². The van der Waals surface area contributed by atoms with Gasteiger partial charge >= 0.3 is 0 Å². The van der Waals surface area contributed by atoms with Crippen molar-refractivity contribution >= 4 is 17.5 Å². The van der Waals surface area contributed by atoms with Crippen molar-refractivity contribution in [1.29, 1.82) is 0 Å². The van der Waals surface area contributed by atoms with Crippen LogP contribution in [-0.2, 0) is 11.3 Å². The third kappa shape index (κ3) is 5.04. The minimum absolute atomic E-state index is 0.0772. The zero-order valence-electron chi connectivity index (χ0n) is 12.5. The van der Waals surface area contributed by atoms with Crippen LogP contribution in [-0.4, -0.2) is 29.4 Å². The van der Waals surface area contributed by atoms with E-state index >= 15 is 0 Å². The van der Waals surface area contributed by atoms with E-state index in [1.807, 2.05) is 36.4 Å². The van der Waals surface area contributed by atoms with E-state index in [0.717, 1.165) is 5.69 Å². The molecule has 0 saturated heterocycles. The molecule has 22 heavy (non-hydrogen) atoms. The first-order valence-corrected chi connectivity index (χ1v) is 7.56. The van der Waals surface area contributed by atoms with Crippen molar-refractivity contribution in [2.24, 2.45) is 0 Å². The summed E-state index contributed by atoms with van der Waals surface area (Å²) >= 11 is 6.00. The lowest BCUT2D eigenvalue weighted by atomic mass is 10.2. The number of benzene rings is 1. The van der Waals surface area contributed by atoms with E-state index in [-0.39, 0.29) is 5.91 Å². The van der Waals surface area contributed by atoms with Crippen LogP contribution in [0.1, 0.15) is 18.5 Å². The molecule has 0 saturated carbocycles. The van der Waals surface area contributed by atoms with Crippen molar-refractivity contribution in [3.05, 3.63) is 59.4 Å². The van der Waals surface area contributed by atoms with Gasteiger partial charge in [0.1, 0.15) is 5.75 Å². The number of ether oxygens (including phenoxy) is 1. The third-order valence-electron chi connectivity index (χ3n) is 3.18. The van der Waals surface area contributed by atoms with Gasteiger partial charge in [0, 0.05) is 19.7 Å². The fraction of sp³-hybridized carbons (Fsp3) is 0.294. The van der Waals surface area contributed by atoms with Crippen molar-refractivity contribution in [2.45, 2.75) is 19.4 Å². The lowest BCUT2D eigenvalue weighted by Gasteiger charge is -2.16. The second-order valence-corrected chi connectivity index (χ2v) is 5.36. The van der Waals surface area contributed by atoms with Crippen LogP contribution in [0.5, 0.6) is 5.75 Å². The van der Waals surface area contributed by atoms with Gasteiger partial charge in [-0.15, -0.1) is 0 Å². The topological polar surface area (TPSA) is 42.4 Å². The minimum Gasteiger partial charge on any atom is -0.492 e. The van der Waals surface area contributed by atoms with Crippen molar-refractivity contribution in [2.75, 3.05) is 13.7 Å². The smallest absolute Gasteiger partial charge is 0.222 e. The number of para-hydroxylation sites is 1. The molecule has 0 atom stereocenters. The van der Waals surface area contributed by atoms with Crippen LogP contribution >= 0.6 is 11.6 Å². The molecule has 1 aromatic heterocycles. The maximum atomic E-state index is 12.0. The van der Waals surface area contributed by atoms with Crippen LogP contribution in [0.4, 0.5) is 0 Å². The zero-order valence-corrected chi connectivity index (χ0v) is 13.3. The fourth-order valence-corrected chi connectivity index (χ4v) is 2.17. The molecule has 4 nitrogen and oxygen atoms in total. The lowest BCUT2D eigenvalue weighted by molar-refractivity contribution is -0.130. The maximum Gasteiger partial charge on any atom is 0.222 e. The van der Waals surface area contributed by atoms with Gasteiger partial charge in [-0.2, -0.15) is 0 Å². The number of hydrogen-bond acceptors (Lipinski definition) is 3. The van der Waals surface area contributed by atoms with E-state index in [1.54, 1.807) is 24.2 Å². The molecule has 116 valence electrons. The quantitative estimate of drug-likeness (QED) is 0.733. The molecule has 2 aromatic rings. The molecule has 0 bridgehead atoms. The molecule has 0 aliphatic heterocycles. The molecule has 0 aliphatic rings. The Hall–Kier alpha value is -2.07. The minimum atomic E-state index is 0.0772. The second-order valence-electron chi connectivity index (χ2n) is 4.95. The molecule has 0 radical (unpaired) electrons. The monoisotopic (exact) mass is 318 g/mol. The first kappa shape index (κ1) is 16.3. The standard InChI is InChI=1S/C17H19ClN2O2/c1-20(13-14-7-4-5-11-19-14)17(21)10-6-12-22-16-9-3-2-8-15(16)18/h2-5,7-9,11H,6,10,12-13H2,1H3. The largest absolute Gasteiger partial charge is 0.492 e. The molecule has 0 N–H and O–H groups in total. The number of nitrogens with zero attached hydrogens (tertiary/aromatic N) is 2. The lowest BCUT2D eigenvalue weighted by Crippen LogP contribution is -2.26. The summed E-state index contributed by atoms with van der Waals surface area (Å²) in [5, 5.41) is 0.584. The highest BCUT2D eigenvalue weighted by Gasteiger charge is 2.09. The maximum absolute atomic E-state index is 12.0. The Morgan fingerprint density at radius 3 is 2.73 bits per heavy atom. The van der Waals surface area contributed by atoms with E-state index in [9.17, 15) is 4.79 Å². The fourth-order valence-electron chi connectivity index (χ4n) is 1.98. The molecule has 1 heterocycles. The summed E-state index contributed by atoms with van der Waals surface area (Å²) in [6, 6.07) is 13.0. The average molecular weight is 319 g/mol. The highest BCUT2D eigenvalue weighted by Crippen LogP contribution is 2.23. The number of carbonyl (C=O) groups is 1. The third-order valence-corrected chi connectivity index (χ3v) is 3.49. The van der Waals surface area contributed by atoms with Gasteiger partial charge in [0.25, 0.3) is 0 Å². The first-order valence-electron chi connectivity index (χ1n) is 7.18. The number of halogens is 1. The summed E-state index contributed by atoms with van der Waals surface area (Å²) in [7, 11) is 1.78. The van der Waals surface area contributed by atoms with Crippen molar-refractivity contribution in [3.8, 4) is 5.75 Å². The Morgan fingerprint density at radius 2 is 2.00 bits per heavy atom. The van der Waals surface area contributed by atoms with Gasteiger partial charge in [-0.3, -0.25) is 9.78 Å². The summed E-state index contributed by atoms with van der Waals surface area (Å²) in [6.45, 7) is 0.984. The van der Waals surface area contributed by atoms with Gasteiger partial charge in [-0.25, -0.2) is 0 Å². The predicted molar refractivity (Wildman–Crippen MR) is 86.9 cm³/mol. The summed E-state index contributed by atoms with van der Waals surface area (Å²) in [6.07, 6.45) is 2.81. The number of hydrogen-bond donors (Lipinski definition) is 0. The van der Waals surface area contributed by atoms with Gasteiger partial charge in [-0.1, -0.05) is 29.8 Å². The molecule has 0 unspecified atom stereocenters. The Balaban J connectivity index is 1.70. The van der Waals surface area contributed by atoms with Crippen LogP contribution in [0.15, 0.2) is 48.7 Å². The normalized spacial score (nSPS) is 10.3. The number of rotatable bonds is 7.